The van der Waals surface area contributed by atoms with Crippen molar-refractivity contribution in [3.63, 3.8) is 0 Å². The van der Waals surface area contributed by atoms with Crippen LogP contribution in [0.3, 0.4) is 0 Å². The van der Waals surface area contributed by atoms with Crippen LogP contribution in [0, 0.1) is 10.1 Å². The molecule has 6 heteroatoms. The summed E-state index contributed by atoms with van der Waals surface area (Å²) in [6.45, 7) is -0.848. The molecule has 0 aliphatic carbocycles. The molecule has 0 amide bonds. The van der Waals surface area contributed by atoms with Crippen molar-refractivity contribution in [3.8, 4) is 5.75 Å². The first-order valence-corrected chi connectivity index (χ1v) is 5.86. The highest BCUT2D eigenvalue weighted by molar-refractivity contribution is 5.21. The standard InChI is InChI=1S/C14H12FNO4/c15-14(16(17)18,12-7-3-1-4-8-12)11-19-20-13-9-5-2-6-10-13/h1-10H,11H2. The molecule has 1 unspecified atom stereocenters. The fraction of sp³-hybridized carbons (Fsp3) is 0.143. The van der Waals surface area contributed by atoms with Gasteiger partial charge in [-0.3, -0.25) is 10.1 Å². The second-order valence-corrected chi connectivity index (χ2v) is 4.04. The lowest BCUT2D eigenvalue weighted by Gasteiger charge is -2.16. The van der Waals surface area contributed by atoms with Gasteiger partial charge in [0.1, 0.15) is 0 Å². The third-order valence-electron chi connectivity index (χ3n) is 2.65. The van der Waals surface area contributed by atoms with E-state index in [0.29, 0.717) is 5.75 Å². The van der Waals surface area contributed by atoms with Crippen LogP contribution in [0.4, 0.5) is 4.39 Å². The summed E-state index contributed by atoms with van der Waals surface area (Å²) in [6, 6.07) is 15.7. The van der Waals surface area contributed by atoms with E-state index >= 15 is 0 Å². The van der Waals surface area contributed by atoms with E-state index < -0.39 is 17.3 Å². The summed E-state index contributed by atoms with van der Waals surface area (Å²) in [5, 5.41) is 11.0. The van der Waals surface area contributed by atoms with Crippen LogP contribution in [0.1, 0.15) is 5.56 Å². The van der Waals surface area contributed by atoms with Crippen molar-refractivity contribution in [2.75, 3.05) is 6.61 Å². The second-order valence-electron chi connectivity index (χ2n) is 4.04. The summed E-state index contributed by atoms with van der Waals surface area (Å²) in [7, 11) is 0. The lowest BCUT2D eigenvalue weighted by atomic mass is 10.1. The molecule has 2 aromatic rings. The Balaban J connectivity index is 2.05. The zero-order valence-electron chi connectivity index (χ0n) is 10.4. The van der Waals surface area contributed by atoms with Crippen molar-refractivity contribution in [3.05, 3.63) is 76.3 Å². The van der Waals surface area contributed by atoms with Crippen molar-refractivity contribution < 1.29 is 19.1 Å². The van der Waals surface area contributed by atoms with Crippen LogP contribution in [0.25, 0.3) is 0 Å². The van der Waals surface area contributed by atoms with Crippen LogP contribution in [0.5, 0.6) is 5.75 Å². The van der Waals surface area contributed by atoms with E-state index in [0.717, 1.165) is 0 Å². The maximum Gasteiger partial charge on any atom is 0.411 e. The summed E-state index contributed by atoms with van der Waals surface area (Å²) in [6.07, 6.45) is 0. The van der Waals surface area contributed by atoms with Crippen LogP contribution in [0.15, 0.2) is 60.7 Å². The minimum Gasteiger partial charge on any atom is -0.337 e. The fourth-order valence-corrected chi connectivity index (χ4v) is 1.59. The Hall–Kier alpha value is -2.47. The van der Waals surface area contributed by atoms with E-state index in [1.165, 1.54) is 24.3 Å². The number of hydrogen-bond donors (Lipinski definition) is 0. The van der Waals surface area contributed by atoms with E-state index in [-0.39, 0.29) is 5.56 Å². The largest absolute Gasteiger partial charge is 0.411 e. The average Bonchev–Trinajstić information content (AvgIpc) is 2.49. The Bertz CT molecular complexity index is 564. The van der Waals surface area contributed by atoms with Gasteiger partial charge in [0, 0.05) is 0 Å². The molecule has 1 atom stereocenters. The van der Waals surface area contributed by atoms with Crippen molar-refractivity contribution in [2.45, 2.75) is 5.79 Å². The number of rotatable bonds is 6. The van der Waals surface area contributed by atoms with E-state index in [4.69, 9.17) is 4.89 Å². The molecule has 0 spiro atoms. The van der Waals surface area contributed by atoms with Crippen LogP contribution in [-0.4, -0.2) is 11.5 Å². The monoisotopic (exact) mass is 277 g/mol. The molecular formula is C14H12FNO4. The molecule has 0 aliphatic rings. The normalized spacial score (nSPS) is 13.4. The molecule has 0 aromatic heterocycles. The molecule has 0 heterocycles. The summed E-state index contributed by atoms with van der Waals surface area (Å²) >= 11 is 0. The van der Waals surface area contributed by atoms with Crippen LogP contribution < -0.4 is 4.89 Å². The van der Waals surface area contributed by atoms with Gasteiger partial charge in [-0.1, -0.05) is 36.4 Å². The molecule has 104 valence electrons. The minimum absolute atomic E-state index is 0.0957. The van der Waals surface area contributed by atoms with Gasteiger partial charge in [0.25, 0.3) is 0 Å². The van der Waals surface area contributed by atoms with Gasteiger partial charge in [-0.2, -0.15) is 9.28 Å². The fourth-order valence-electron chi connectivity index (χ4n) is 1.59. The molecule has 0 saturated carbocycles. The summed E-state index contributed by atoms with van der Waals surface area (Å²) in [5.41, 5.74) is -0.0957. The molecule has 0 fully saturated rings. The molecule has 0 N–H and O–H groups in total. The van der Waals surface area contributed by atoms with Crippen molar-refractivity contribution >= 4 is 0 Å². The summed E-state index contributed by atoms with van der Waals surface area (Å²) in [4.78, 5) is 19.4. The molecule has 2 rings (SSSR count). The molecule has 0 bridgehead atoms. The third-order valence-corrected chi connectivity index (χ3v) is 2.65. The Morgan fingerprint density at radius 2 is 1.60 bits per heavy atom. The minimum atomic E-state index is -2.85. The molecule has 20 heavy (non-hydrogen) atoms. The maximum absolute atomic E-state index is 14.4. The number of para-hydroxylation sites is 1. The van der Waals surface area contributed by atoms with Gasteiger partial charge in [-0.25, -0.2) is 0 Å². The van der Waals surface area contributed by atoms with Gasteiger partial charge < -0.3 is 4.89 Å². The van der Waals surface area contributed by atoms with Crippen molar-refractivity contribution in [1.29, 1.82) is 0 Å². The highest BCUT2D eigenvalue weighted by Crippen LogP contribution is 2.27. The van der Waals surface area contributed by atoms with E-state index in [1.807, 2.05) is 0 Å². The first-order valence-electron chi connectivity index (χ1n) is 5.86. The predicted molar refractivity (Wildman–Crippen MR) is 69.2 cm³/mol. The SMILES string of the molecule is O=[N+]([O-])C(F)(COOc1ccccc1)c1ccccc1. The van der Waals surface area contributed by atoms with Crippen LogP contribution >= 0.6 is 0 Å². The van der Waals surface area contributed by atoms with Crippen LogP contribution in [0.2, 0.25) is 0 Å². The predicted octanol–water partition coefficient (Wildman–Crippen LogP) is 3.10. The number of hydrogen-bond acceptors (Lipinski definition) is 4. The lowest BCUT2D eigenvalue weighted by Crippen LogP contribution is -2.36. The van der Waals surface area contributed by atoms with E-state index in [9.17, 15) is 14.5 Å². The summed E-state index contributed by atoms with van der Waals surface area (Å²) < 4.78 is 14.4. The number of halogens is 1. The summed E-state index contributed by atoms with van der Waals surface area (Å²) in [5.74, 6) is -2.51. The Kier molecular flexibility index (Phi) is 4.27. The molecule has 5 nitrogen and oxygen atoms in total. The number of nitro groups is 1. The number of benzene rings is 2. The molecule has 0 radical (unpaired) electrons. The Morgan fingerprint density at radius 1 is 1.05 bits per heavy atom. The van der Waals surface area contributed by atoms with Gasteiger partial charge in [-0.15, -0.1) is 0 Å². The van der Waals surface area contributed by atoms with E-state index in [1.54, 1.807) is 36.4 Å². The van der Waals surface area contributed by atoms with E-state index in [2.05, 4.69) is 4.89 Å². The molecule has 0 aliphatic heterocycles. The smallest absolute Gasteiger partial charge is 0.337 e. The highest BCUT2D eigenvalue weighted by Gasteiger charge is 2.46. The van der Waals surface area contributed by atoms with Gasteiger partial charge in [0.15, 0.2) is 5.75 Å². The first-order chi connectivity index (χ1) is 9.63. The number of nitrogens with zero attached hydrogens (tertiary/aromatic N) is 1. The average molecular weight is 277 g/mol. The molecule has 0 saturated heterocycles. The van der Waals surface area contributed by atoms with Crippen molar-refractivity contribution in [2.24, 2.45) is 0 Å². The Morgan fingerprint density at radius 3 is 2.15 bits per heavy atom. The highest BCUT2D eigenvalue weighted by atomic mass is 19.1. The van der Waals surface area contributed by atoms with Gasteiger partial charge in [0.05, 0.1) is 10.5 Å². The zero-order valence-corrected chi connectivity index (χ0v) is 10.4. The molecular weight excluding hydrogens is 265 g/mol. The van der Waals surface area contributed by atoms with Crippen LogP contribution in [-0.2, 0) is 10.7 Å². The lowest BCUT2D eigenvalue weighted by molar-refractivity contribution is -0.626. The topological polar surface area (TPSA) is 61.6 Å². The Labute approximate surface area is 114 Å². The second kappa shape index (κ2) is 6.12. The van der Waals surface area contributed by atoms with Gasteiger partial charge >= 0.3 is 5.79 Å². The maximum atomic E-state index is 14.4. The van der Waals surface area contributed by atoms with Gasteiger partial charge in [-0.05, 0) is 24.3 Å². The van der Waals surface area contributed by atoms with Gasteiger partial charge in [0.2, 0.25) is 6.61 Å². The quantitative estimate of drug-likeness (QED) is 0.352. The van der Waals surface area contributed by atoms with Crippen molar-refractivity contribution in [1.82, 2.24) is 0 Å². The first kappa shape index (κ1) is 14.0. The molecule has 2 aromatic carbocycles. The number of alkyl halides is 1. The third kappa shape index (κ3) is 3.10. The zero-order chi connectivity index (χ0) is 14.4.